The third-order valence-corrected chi connectivity index (χ3v) is 9.15. The zero-order valence-electron chi connectivity index (χ0n) is 19.9. The number of nitrogens with one attached hydrogen (secondary N) is 1. The van der Waals surface area contributed by atoms with Gasteiger partial charge >= 0.3 is 0 Å². The number of thiazole rings is 1. The number of nitrogens with zero attached hydrogens (tertiary/aromatic N) is 1. The molecule has 0 aliphatic rings. The molecular formula is C28H22BrClN2O3S2. The minimum Gasteiger partial charge on any atom is -0.480 e. The van der Waals surface area contributed by atoms with Crippen LogP contribution in [-0.4, -0.2) is 13.4 Å². The number of anilines is 1. The van der Waals surface area contributed by atoms with Crippen molar-refractivity contribution in [1.82, 2.24) is 4.98 Å². The van der Waals surface area contributed by atoms with Crippen LogP contribution in [0.4, 0.5) is 5.13 Å². The van der Waals surface area contributed by atoms with Crippen molar-refractivity contribution in [3.8, 4) is 5.75 Å². The topological polar surface area (TPSA) is 68.3 Å². The maximum absolute atomic E-state index is 13.1. The molecule has 0 aliphatic carbocycles. The lowest BCUT2D eigenvalue weighted by Crippen LogP contribution is -2.14. The molecule has 1 aromatic heterocycles. The number of fused-ring (bicyclic) bond motifs is 1. The Balaban J connectivity index is 1.47. The van der Waals surface area contributed by atoms with Gasteiger partial charge in [-0.05, 0) is 83.8 Å². The molecule has 0 amide bonds. The van der Waals surface area contributed by atoms with Gasteiger partial charge in [0.25, 0.3) is 10.0 Å². The summed E-state index contributed by atoms with van der Waals surface area (Å²) in [6.07, 6.45) is 1.13. The molecule has 1 atom stereocenters. The number of aryl methyl sites for hydroxylation is 2. The molecule has 0 saturated carbocycles. The van der Waals surface area contributed by atoms with E-state index in [1.807, 2.05) is 61.5 Å². The molecule has 0 saturated heterocycles. The van der Waals surface area contributed by atoms with Crippen LogP contribution >= 0.6 is 38.9 Å². The molecule has 1 unspecified atom stereocenters. The number of ether oxygens (including phenoxy) is 1. The van der Waals surface area contributed by atoms with Crippen molar-refractivity contribution in [3.05, 3.63) is 116 Å². The Morgan fingerprint density at radius 2 is 1.68 bits per heavy atom. The predicted octanol–water partition coefficient (Wildman–Crippen LogP) is 8.30. The molecule has 0 bridgehead atoms. The average molecular weight is 614 g/mol. The first-order valence-corrected chi connectivity index (χ1v) is 14.8. The Morgan fingerprint density at radius 3 is 2.46 bits per heavy atom. The van der Waals surface area contributed by atoms with Gasteiger partial charge in [0.1, 0.15) is 5.75 Å². The third-order valence-electron chi connectivity index (χ3n) is 5.84. The van der Waals surface area contributed by atoms with Crippen LogP contribution in [0, 0.1) is 13.8 Å². The van der Waals surface area contributed by atoms with E-state index in [1.54, 1.807) is 37.4 Å². The first-order valence-electron chi connectivity index (χ1n) is 11.4. The van der Waals surface area contributed by atoms with Crippen LogP contribution < -0.4 is 9.46 Å². The van der Waals surface area contributed by atoms with E-state index in [0.717, 1.165) is 31.2 Å². The highest BCUT2D eigenvalue weighted by Crippen LogP contribution is 2.36. The molecule has 0 radical (unpaired) electrons. The molecule has 188 valence electrons. The van der Waals surface area contributed by atoms with E-state index < -0.39 is 16.1 Å². The molecule has 37 heavy (non-hydrogen) atoms. The second-order valence-electron chi connectivity index (χ2n) is 8.64. The van der Waals surface area contributed by atoms with E-state index in [0.29, 0.717) is 16.3 Å². The Hall–Kier alpha value is -2.91. The van der Waals surface area contributed by atoms with Crippen molar-refractivity contribution >= 4 is 64.8 Å². The molecule has 5 nitrogen and oxygen atoms in total. The summed E-state index contributed by atoms with van der Waals surface area (Å²) in [5.41, 5.74) is 2.40. The summed E-state index contributed by atoms with van der Waals surface area (Å²) in [6, 6.07) is 24.7. The predicted molar refractivity (Wildman–Crippen MR) is 154 cm³/mol. The first kappa shape index (κ1) is 25.7. The van der Waals surface area contributed by atoms with Gasteiger partial charge in [-0.1, -0.05) is 75.3 Å². The fraction of sp³-hybridized carbons (Fsp3) is 0.107. The van der Waals surface area contributed by atoms with Crippen molar-refractivity contribution in [2.24, 2.45) is 0 Å². The minimum absolute atomic E-state index is 0.234. The molecule has 5 aromatic rings. The quantitative estimate of drug-likeness (QED) is 0.201. The van der Waals surface area contributed by atoms with E-state index >= 15 is 0 Å². The highest BCUT2D eigenvalue weighted by molar-refractivity contribution is 9.10. The second kappa shape index (κ2) is 10.5. The van der Waals surface area contributed by atoms with Crippen molar-refractivity contribution in [3.63, 3.8) is 0 Å². The van der Waals surface area contributed by atoms with E-state index in [2.05, 4.69) is 25.6 Å². The number of aromatic nitrogens is 1. The molecule has 0 fully saturated rings. The van der Waals surface area contributed by atoms with Crippen molar-refractivity contribution in [2.75, 3.05) is 4.72 Å². The minimum atomic E-state index is -3.80. The van der Waals surface area contributed by atoms with Gasteiger partial charge in [-0.2, -0.15) is 0 Å². The van der Waals surface area contributed by atoms with Gasteiger partial charge in [0.15, 0.2) is 11.2 Å². The van der Waals surface area contributed by atoms with Gasteiger partial charge in [0, 0.05) is 15.7 Å². The lowest BCUT2D eigenvalue weighted by molar-refractivity contribution is 0.251. The fourth-order valence-corrected chi connectivity index (χ4v) is 6.91. The summed E-state index contributed by atoms with van der Waals surface area (Å²) in [6.45, 7) is 3.63. The van der Waals surface area contributed by atoms with Crippen LogP contribution in [0.1, 0.15) is 27.7 Å². The number of hydrogen-bond donors (Lipinski definition) is 1. The lowest BCUT2D eigenvalue weighted by atomic mass is 10.1. The highest BCUT2D eigenvalue weighted by atomic mass is 79.9. The van der Waals surface area contributed by atoms with Crippen LogP contribution in [0.2, 0.25) is 5.02 Å². The molecule has 4 aromatic carbocycles. The van der Waals surface area contributed by atoms with E-state index in [9.17, 15) is 8.42 Å². The average Bonchev–Trinajstić information content (AvgIpc) is 3.32. The van der Waals surface area contributed by atoms with Crippen LogP contribution in [0.25, 0.3) is 10.8 Å². The largest absolute Gasteiger partial charge is 0.480 e. The first-order chi connectivity index (χ1) is 17.7. The van der Waals surface area contributed by atoms with Gasteiger partial charge in [-0.25, -0.2) is 13.4 Å². The Kier molecular flexibility index (Phi) is 7.27. The Bertz CT molecular complexity index is 1700. The monoisotopic (exact) mass is 612 g/mol. The van der Waals surface area contributed by atoms with Crippen molar-refractivity contribution < 1.29 is 13.2 Å². The molecule has 0 aliphatic heterocycles. The normalized spacial score (nSPS) is 12.4. The van der Waals surface area contributed by atoms with E-state index in [4.69, 9.17) is 16.3 Å². The van der Waals surface area contributed by atoms with Crippen LogP contribution in [0.15, 0.2) is 94.4 Å². The second-order valence-corrected chi connectivity index (χ2v) is 12.7. The number of halogens is 2. The molecule has 1 heterocycles. The maximum Gasteiger partial charge on any atom is 0.263 e. The number of hydrogen-bond acceptors (Lipinski definition) is 5. The lowest BCUT2D eigenvalue weighted by Gasteiger charge is -2.19. The van der Waals surface area contributed by atoms with E-state index in [1.165, 1.54) is 11.3 Å². The zero-order valence-corrected chi connectivity index (χ0v) is 23.9. The van der Waals surface area contributed by atoms with Crippen LogP contribution in [0.3, 0.4) is 0 Å². The van der Waals surface area contributed by atoms with Gasteiger partial charge in [-0.3, -0.25) is 4.72 Å². The number of benzene rings is 4. The van der Waals surface area contributed by atoms with Gasteiger partial charge in [0.05, 0.1) is 9.77 Å². The summed E-state index contributed by atoms with van der Waals surface area (Å²) in [5.74, 6) is 0.681. The smallest absolute Gasteiger partial charge is 0.263 e. The maximum atomic E-state index is 13.1. The molecule has 9 heteroatoms. The summed E-state index contributed by atoms with van der Waals surface area (Å²) in [5, 5.41) is 3.01. The SMILES string of the molecule is Cc1ccc(C)c(S(=O)(=O)Nc2ncc(C(Oc3ccc4cc(Br)ccc4c3)c3ccc(Cl)cc3)s2)c1. The number of sulfonamides is 1. The summed E-state index contributed by atoms with van der Waals surface area (Å²) in [7, 11) is -3.80. The molecule has 5 rings (SSSR count). The zero-order chi connectivity index (χ0) is 26.2. The van der Waals surface area contributed by atoms with E-state index in [-0.39, 0.29) is 10.0 Å². The summed E-state index contributed by atoms with van der Waals surface area (Å²) in [4.78, 5) is 5.34. The number of rotatable bonds is 7. The summed E-state index contributed by atoms with van der Waals surface area (Å²) < 4.78 is 36.3. The van der Waals surface area contributed by atoms with Crippen LogP contribution in [-0.2, 0) is 10.0 Å². The Labute approximate surface area is 233 Å². The third kappa shape index (κ3) is 5.83. The van der Waals surface area contributed by atoms with Crippen LogP contribution in [0.5, 0.6) is 5.75 Å². The standard InChI is InChI=1S/C28H22BrClN2O3S2/c1-17-3-4-18(2)26(13-17)37(33,34)32-28-31-16-25(36-28)27(19-6-10-23(30)11-7-19)35-24-12-8-20-14-22(29)9-5-21(20)15-24/h3-16,27H,1-2H3,(H,31,32). The molecule has 1 N–H and O–H groups in total. The van der Waals surface area contributed by atoms with Crippen molar-refractivity contribution in [2.45, 2.75) is 24.8 Å². The van der Waals surface area contributed by atoms with Gasteiger partial charge in [0.2, 0.25) is 0 Å². The highest BCUT2D eigenvalue weighted by Gasteiger charge is 2.23. The summed E-state index contributed by atoms with van der Waals surface area (Å²) >= 11 is 10.9. The molecular weight excluding hydrogens is 592 g/mol. The van der Waals surface area contributed by atoms with Gasteiger partial charge in [-0.15, -0.1) is 0 Å². The molecule has 0 spiro atoms. The fourth-order valence-electron chi connectivity index (χ4n) is 3.95. The Morgan fingerprint density at radius 1 is 0.946 bits per heavy atom. The van der Waals surface area contributed by atoms with Crippen molar-refractivity contribution in [1.29, 1.82) is 0 Å². The van der Waals surface area contributed by atoms with Gasteiger partial charge < -0.3 is 4.74 Å².